The van der Waals surface area contributed by atoms with Crippen molar-refractivity contribution in [3.63, 3.8) is 0 Å². The van der Waals surface area contributed by atoms with E-state index in [2.05, 4.69) is 4.98 Å². The van der Waals surface area contributed by atoms with Gasteiger partial charge < -0.3 is 5.11 Å². The standard InChI is InChI=1S/C13H13NO2/c1-2-12(15)13(16)11-8-14-7-9-5-3-4-6-10(9)11/h3-8,12,15H,2H2,1H3. The van der Waals surface area contributed by atoms with E-state index in [1.807, 2.05) is 24.3 Å². The molecule has 0 radical (unpaired) electrons. The van der Waals surface area contributed by atoms with Gasteiger partial charge in [-0.15, -0.1) is 0 Å². The molecule has 0 saturated heterocycles. The first-order chi connectivity index (χ1) is 7.74. The van der Waals surface area contributed by atoms with E-state index in [9.17, 15) is 9.90 Å². The Morgan fingerprint density at radius 2 is 2.12 bits per heavy atom. The summed E-state index contributed by atoms with van der Waals surface area (Å²) in [5.41, 5.74) is 0.493. The SMILES string of the molecule is CCC(O)C(=O)c1cncc2ccccc12. The Hall–Kier alpha value is -1.74. The van der Waals surface area contributed by atoms with Crippen LogP contribution < -0.4 is 0 Å². The van der Waals surface area contributed by atoms with Gasteiger partial charge in [0.25, 0.3) is 0 Å². The molecule has 0 bridgehead atoms. The molecule has 0 aliphatic heterocycles. The summed E-state index contributed by atoms with van der Waals surface area (Å²) >= 11 is 0. The molecule has 1 aromatic heterocycles. The number of ketones is 1. The maximum Gasteiger partial charge on any atom is 0.193 e. The van der Waals surface area contributed by atoms with Gasteiger partial charge in [-0.2, -0.15) is 0 Å². The van der Waals surface area contributed by atoms with Gasteiger partial charge in [0, 0.05) is 23.3 Å². The lowest BCUT2D eigenvalue weighted by molar-refractivity contribution is 0.0742. The second-order valence-corrected chi connectivity index (χ2v) is 3.70. The van der Waals surface area contributed by atoms with Gasteiger partial charge in [-0.25, -0.2) is 0 Å². The van der Waals surface area contributed by atoms with Gasteiger partial charge >= 0.3 is 0 Å². The third-order valence-electron chi connectivity index (χ3n) is 2.62. The van der Waals surface area contributed by atoms with E-state index in [0.29, 0.717) is 12.0 Å². The molecule has 2 rings (SSSR count). The van der Waals surface area contributed by atoms with Crippen molar-refractivity contribution in [2.45, 2.75) is 19.4 Å². The Morgan fingerprint density at radius 1 is 1.38 bits per heavy atom. The molecule has 1 aromatic carbocycles. The highest BCUT2D eigenvalue weighted by molar-refractivity contribution is 6.09. The Balaban J connectivity index is 2.56. The smallest absolute Gasteiger partial charge is 0.193 e. The van der Waals surface area contributed by atoms with E-state index in [0.717, 1.165) is 10.8 Å². The largest absolute Gasteiger partial charge is 0.385 e. The average Bonchev–Trinajstić information content (AvgIpc) is 2.36. The zero-order valence-corrected chi connectivity index (χ0v) is 9.05. The Labute approximate surface area is 93.7 Å². The van der Waals surface area contributed by atoms with E-state index in [1.54, 1.807) is 13.1 Å². The summed E-state index contributed by atoms with van der Waals surface area (Å²) in [4.78, 5) is 15.9. The van der Waals surface area contributed by atoms with Crippen molar-refractivity contribution in [1.29, 1.82) is 0 Å². The summed E-state index contributed by atoms with van der Waals surface area (Å²) in [5.74, 6) is -0.258. The monoisotopic (exact) mass is 215 g/mol. The van der Waals surface area contributed by atoms with Crippen molar-refractivity contribution in [2.24, 2.45) is 0 Å². The molecule has 82 valence electrons. The van der Waals surface area contributed by atoms with Crippen molar-refractivity contribution in [3.05, 3.63) is 42.2 Å². The number of benzene rings is 1. The van der Waals surface area contributed by atoms with Crippen LogP contribution in [-0.2, 0) is 0 Å². The highest BCUT2D eigenvalue weighted by Crippen LogP contribution is 2.18. The second kappa shape index (κ2) is 4.41. The number of carbonyl (C=O) groups is 1. The van der Waals surface area contributed by atoms with Gasteiger partial charge in [0.15, 0.2) is 5.78 Å². The number of Topliss-reactive ketones (excluding diaryl/α,β-unsaturated/α-hetero) is 1. The lowest BCUT2D eigenvalue weighted by Gasteiger charge is -2.08. The first-order valence-corrected chi connectivity index (χ1v) is 5.29. The summed E-state index contributed by atoms with van der Waals surface area (Å²) < 4.78 is 0. The topological polar surface area (TPSA) is 50.2 Å². The molecule has 1 heterocycles. The van der Waals surface area contributed by atoms with Crippen LogP contribution >= 0.6 is 0 Å². The molecule has 0 fully saturated rings. The minimum Gasteiger partial charge on any atom is -0.385 e. The van der Waals surface area contributed by atoms with E-state index < -0.39 is 6.10 Å². The number of nitrogens with zero attached hydrogens (tertiary/aromatic N) is 1. The van der Waals surface area contributed by atoms with Crippen LogP contribution in [0.4, 0.5) is 0 Å². The molecule has 0 aliphatic rings. The number of rotatable bonds is 3. The van der Waals surface area contributed by atoms with Crippen LogP contribution in [0.15, 0.2) is 36.7 Å². The summed E-state index contributed by atoms with van der Waals surface area (Å²) in [5, 5.41) is 11.3. The predicted molar refractivity (Wildman–Crippen MR) is 62.4 cm³/mol. The molecular weight excluding hydrogens is 202 g/mol. The number of aliphatic hydroxyl groups excluding tert-OH is 1. The molecule has 3 heteroatoms. The highest BCUT2D eigenvalue weighted by Gasteiger charge is 2.17. The van der Waals surface area contributed by atoms with Crippen LogP contribution in [0.25, 0.3) is 10.8 Å². The van der Waals surface area contributed by atoms with E-state index in [1.165, 1.54) is 6.20 Å². The molecule has 2 aromatic rings. The fourth-order valence-electron chi connectivity index (χ4n) is 1.68. The van der Waals surface area contributed by atoms with Crippen molar-refractivity contribution in [3.8, 4) is 0 Å². The lowest BCUT2D eigenvalue weighted by Crippen LogP contribution is -2.19. The minimum atomic E-state index is -0.937. The van der Waals surface area contributed by atoms with Gasteiger partial charge in [-0.05, 0) is 11.8 Å². The normalized spacial score (nSPS) is 12.6. The van der Waals surface area contributed by atoms with Crippen molar-refractivity contribution < 1.29 is 9.90 Å². The molecule has 3 nitrogen and oxygen atoms in total. The molecule has 1 unspecified atom stereocenters. The number of hydrogen-bond acceptors (Lipinski definition) is 3. The lowest BCUT2D eigenvalue weighted by atomic mass is 10.0. The molecule has 1 N–H and O–H groups in total. The van der Waals surface area contributed by atoms with Gasteiger partial charge in [0.05, 0.1) is 0 Å². The van der Waals surface area contributed by atoms with Crippen LogP contribution in [0.5, 0.6) is 0 Å². The van der Waals surface area contributed by atoms with Crippen molar-refractivity contribution >= 4 is 16.6 Å². The molecule has 0 aliphatic carbocycles. The number of fused-ring (bicyclic) bond motifs is 1. The van der Waals surface area contributed by atoms with Crippen LogP contribution in [0.1, 0.15) is 23.7 Å². The van der Waals surface area contributed by atoms with Crippen LogP contribution in [0.2, 0.25) is 0 Å². The molecule has 16 heavy (non-hydrogen) atoms. The van der Waals surface area contributed by atoms with Crippen LogP contribution in [0.3, 0.4) is 0 Å². The maximum atomic E-state index is 11.9. The first-order valence-electron chi connectivity index (χ1n) is 5.29. The molecule has 0 saturated carbocycles. The summed E-state index contributed by atoms with van der Waals surface area (Å²) in [7, 11) is 0. The number of aliphatic hydroxyl groups is 1. The zero-order valence-electron chi connectivity index (χ0n) is 9.05. The number of carbonyl (C=O) groups excluding carboxylic acids is 1. The Morgan fingerprint density at radius 3 is 2.88 bits per heavy atom. The number of aromatic nitrogens is 1. The van der Waals surface area contributed by atoms with E-state index in [4.69, 9.17) is 0 Å². The average molecular weight is 215 g/mol. The van der Waals surface area contributed by atoms with Crippen LogP contribution in [0, 0.1) is 0 Å². The zero-order chi connectivity index (χ0) is 11.5. The third-order valence-corrected chi connectivity index (χ3v) is 2.62. The van der Waals surface area contributed by atoms with Gasteiger partial charge in [-0.3, -0.25) is 9.78 Å². The fraction of sp³-hybridized carbons (Fsp3) is 0.231. The van der Waals surface area contributed by atoms with E-state index >= 15 is 0 Å². The highest BCUT2D eigenvalue weighted by atomic mass is 16.3. The first kappa shape index (κ1) is 10.8. The van der Waals surface area contributed by atoms with Gasteiger partial charge in [0.2, 0.25) is 0 Å². The van der Waals surface area contributed by atoms with Gasteiger partial charge in [-0.1, -0.05) is 31.2 Å². The maximum absolute atomic E-state index is 11.9. The second-order valence-electron chi connectivity index (χ2n) is 3.70. The summed E-state index contributed by atoms with van der Waals surface area (Å²) in [6, 6.07) is 7.54. The third kappa shape index (κ3) is 1.82. The molecule has 1 atom stereocenters. The summed E-state index contributed by atoms with van der Waals surface area (Å²) in [6.07, 6.45) is 2.71. The molecular formula is C13H13NO2. The predicted octanol–water partition coefficient (Wildman–Crippen LogP) is 2.19. The minimum absolute atomic E-state index is 0.258. The number of hydrogen-bond donors (Lipinski definition) is 1. The molecule has 0 spiro atoms. The van der Waals surface area contributed by atoms with Crippen LogP contribution in [-0.4, -0.2) is 22.0 Å². The number of pyridine rings is 1. The quantitative estimate of drug-likeness (QED) is 0.798. The van der Waals surface area contributed by atoms with Crippen molar-refractivity contribution in [2.75, 3.05) is 0 Å². The summed E-state index contributed by atoms with van der Waals surface area (Å²) in [6.45, 7) is 1.78. The van der Waals surface area contributed by atoms with Crippen molar-refractivity contribution in [1.82, 2.24) is 4.98 Å². The fourth-order valence-corrected chi connectivity index (χ4v) is 1.68. The van der Waals surface area contributed by atoms with Gasteiger partial charge in [0.1, 0.15) is 6.10 Å². The molecule has 0 amide bonds. The Kier molecular flexibility index (Phi) is 2.97. The van der Waals surface area contributed by atoms with E-state index in [-0.39, 0.29) is 5.78 Å². The Bertz CT molecular complexity index is 517.